The van der Waals surface area contributed by atoms with Crippen molar-refractivity contribution in [1.29, 1.82) is 0 Å². The van der Waals surface area contributed by atoms with E-state index in [-0.39, 0.29) is 5.78 Å². The number of benzene rings is 2. The van der Waals surface area contributed by atoms with Crippen molar-refractivity contribution in [3.05, 3.63) is 63.2 Å². The molecule has 0 amide bonds. The normalized spacial score (nSPS) is 10.5. The van der Waals surface area contributed by atoms with E-state index in [1.807, 2.05) is 32.9 Å². The number of rotatable bonds is 2. The van der Waals surface area contributed by atoms with Crippen molar-refractivity contribution >= 4 is 23.1 Å². The van der Waals surface area contributed by atoms with Gasteiger partial charge in [-0.1, -0.05) is 35.4 Å². The summed E-state index contributed by atoms with van der Waals surface area (Å²) in [6.07, 6.45) is 0. The molecule has 0 saturated heterocycles. The average molecular weight is 274 g/mol. The third-order valence-corrected chi connectivity index (χ3v) is 3.60. The van der Waals surface area contributed by atoms with Crippen LogP contribution in [0.5, 0.6) is 0 Å². The van der Waals surface area contributed by atoms with Gasteiger partial charge in [-0.15, -0.1) is 0 Å². The van der Waals surface area contributed by atoms with E-state index in [0.717, 1.165) is 16.7 Å². The second-order valence-electron chi connectivity index (χ2n) is 4.81. The van der Waals surface area contributed by atoms with Gasteiger partial charge in [-0.2, -0.15) is 0 Å². The first-order chi connectivity index (χ1) is 8.91. The van der Waals surface area contributed by atoms with Crippen LogP contribution in [0, 0.1) is 20.8 Å². The van der Waals surface area contributed by atoms with Crippen LogP contribution in [-0.2, 0) is 0 Å². The van der Waals surface area contributed by atoms with Gasteiger partial charge in [-0.25, -0.2) is 0 Å². The van der Waals surface area contributed by atoms with Crippen molar-refractivity contribution in [2.45, 2.75) is 20.8 Å². The molecule has 0 unspecified atom stereocenters. The average Bonchev–Trinajstić information content (AvgIpc) is 2.31. The third kappa shape index (κ3) is 2.49. The lowest BCUT2D eigenvalue weighted by Gasteiger charge is -2.12. The minimum Gasteiger partial charge on any atom is -0.398 e. The number of aryl methyl sites for hydroxylation is 3. The van der Waals surface area contributed by atoms with Crippen LogP contribution in [0.2, 0.25) is 5.02 Å². The van der Waals surface area contributed by atoms with Crippen LogP contribution < -0.4 is 5.73 Å². The predicted molar refractivity (Wildman–Crippen MR) is 79.9 cm³/mol. The Morgan fingerprint density at radius 1 is 1.11 bits per heavy atom. The predicted octanol–water partition coefficient (Wildman–Crippen LogP) is 4.08. The summed E-state index contributed by atoms with van der Waals surface area (Å²) in [5.74, 6) is -0.0766. The molecule has 0 aliphatic rings. The monoisotopic (exact) mass is 273 g/mol. The fourth-order valence-electron chi connectivity index (χ4n) is 2.40. The third-order valence-electron chi connectivity index (χ3n) is 3.18. The minimum absolute atomic E-state index is 0.0766. The second kappa shape index (κ2) is 5.06. The van der Waals surface area contributed by atoms with Crippen LogP contribution in [-0.4, -0.2) is 5.78 Å². The van der Waals surface area contributed by atoms with Gasteiger partial charge < -0.3 is 5.73 Å². The van der Waals surface area contributed by atoms with E-state index in [9.17, 15) is 4.79 Å². The van der Waals surface area contributed by atoms with Gasteiger partial charge in [0, 0.05) is 11.1 Å². The molecule has 0 radical (unpaired) electrons. The molecule has 0 fully saturated rings. The summed E-state index contributed by atoms with van der Waals surface area (Å²) in [7, 11) is 0. The van der Waals surface area contributed by atoms with Crippen LogP contribution in [0.25, 0.3) is 0 Å². The fraction of sp³-hybridized carbons (Fsp3) is 0.188. The Bertz CT molecular complexity index is 639. The standard InChI is InChI=1S/C16H16ClNO/c1-9-7-10(2)14(11(3)8-9)16(19)12-5-4-6-13(18)15(12)17/h4-8H,18H2,1-3H3. The summed E-state index contributed by atoms with van der Waals surface area (Å²) in [5, 5.41) is 0.326. The molecule has 98 valence electrons. The van der Waals surface area contributed by atoms with Gasteiger partial charge in [0.2, 0.25) is 0 Å². The van der Waals surface area contributed by atoms with Crippen molar-refractivity contribution < 1.29 is 4.79 Å². The molecule has 2 nitrogen and oxygen atoms in total. The molecule has 0 aliphatic heterocycles. The Labute approximate surface area is 118 Å². The highest BCUT2D eigenvalue weighted by molar-refractivity contribution is 6.37. The molecule has 2 aromatic carbocycles. The molecule has 2 aromatic rings. The fourth-order valence-corrected chi connectivity index (χ4v) is 2.61. The number of ketones is 1. The molecule has 0 bridgehead atoms. The number of nitrogen functional groups attached to an aromatic ring is 1. The van der Waals surface area contributed by atoms with Gasteiger partial charge in [0.1, 0.15) is 0 Å². The largest absolute Gasteiger partial charge is 0.398 e. The van der Waals surface area contributed by atoms with Gasteiger partial charge in [0.05, 0.1) is 10.7 Å². The van der Waals surface area contributed by atoms with Crippen LogP contribution in [0.1, 0.15) is 32.6 Å². The summed E-state index contributed by atoms with van der Waals surface area (Å²) >= 11 is 6.13. The summed E-state index contributed by atoms with van der Waals surface area (Å²) in [6.45, 7) is 5.89. The SMILES string of the molecule is Cc1cc(C)c(C(=O)c2cccc(N)c2Cl)c(C)c1. The molecule has 0 spiro atoms. The maximum Gasteiger partial charge on any atom is 0.195 e. The van der Waals surface area contributed by atoms with Crippen LogP contribution in [0.15, 0.2) is 30.3 Å². The Morgan fingerprint density at radius 2 is 1.68 bits per heavy atom. The molecule has 0 atom stereocenters. The van der Waals surface area contributed by atoms with Crippen LogP contribution in [0.4, 0.5) is 5.69 Å². The number of hydrogen-bond acceptors (Lipinski definition) is 2. The van der Waals surface area contributed by atoms with Gasteiger partial charge >= 0.3 is 0 Å². The van der Waals surface area contributed by atoms with Crippen molar-refractivity contribution in [3.63, 3.8) is 0 Å². The molecule has 19 heavy (non-hydrogen) atoms. The first-order valence-corrected chi connectivity index (χ1v) is 6.46. The van der Waals surface area contributed by atoms with E-state index in [1.54, 1.807) is 18.2 Å². The summed E-state index contributed by atoms with van der Waals surface area (Å²) in [4.78, 5) is 12.6. The molecule has 0 aliphatic carbocycles. The lowest BCUT2D eigenvalue weighted by atomic mass is 9.93. The Hall–Kier alpha value is -1.80. The topological polar surface area (TPSA) is 43.1 Å². The molecule has 0 heterocycles. The molecule has 2 rings (SSSR count). The molecule has 2 N–H and O–H groups in total. The van der Waals surface area contributed by atoms with Crippen molar-refractivity contribution in [1.82, 2.24) is 0 Å². The van der Waals surface area contributed by atoms with Gasteiger partial charge in [-0.3, -0.25) is 4.79 Å². The quantitative estimate of drug-likeness (QED) is 0.662. The van der Waals surface area contributed by atoms with Crippen molar-refractivity contribution in [2.75, 3.05) is 5.73 Å². The van der Waals surface area contributed by atoms with Crippen molar-refractivity contribution in [2.24, 2.45) is 0 Å². The zero-order valence-corrected chi connectivity index (χ0v) is 12.0. The van der Waals surface area contributed by atoms with Crippen LogP contribution in [0.3, 0.4) is 0 Å². The van der Waals surface area contributed by atoms with E-state index in [4.69, 9.17) is 17.3 Å². The molecular weight excluding hydrogens is 258 g/mol. The second-order valence-corrected chi connectivity index (χ2v) is 5.19. The Balaban J connectivity index is 2.60. The Kier molecular flexibility index (Phi) is 3.63. The lowest BCUT2D eigenvalue weighted by molar-refractivity contribution is 0.103. The van der Waals surface area contributed by atoms with E-state index in [2.05, 4.69) is 0 Å². The van der Waals surface area contributed by atoms with Crippen molar-refractivity contribution in [3.8, 4) is 0 Å². The molecular formula is C16H16ClNO. The number of carbonyl (C=O) groups excluding carboxylic acids is 1. The smallest absolute Gasteiger partial charge is 0.195 e. The molecule has 0 saturated carbocycles. The maximum atomic E-state index is 12.6. The summed E-state index contributed by atoms with van der Waals surface area (Å²) in [5.41, 5.74) is 10.4. The van der Waals surface area contributed by atoms with E-state index < -0.39 is 0 Å². The van der Waals surface area contributed by atoms with E-state index >= 15 is 0 Å². The summed E-state index contributed by atoms with van der Waals surface area (Å²) < 4.78 is 0. The highest BCUT2D eigenvalue weighted by Crippen LogP contribution is 2.27. The number of anilines is 1. The van der Waals surface area contributed by atoms with Gasteiger partial charge in [-0.05, 0) is 44.0 Å². The number of hydrogen-bond donors (Lipinski definition) is 1. The number of halogens is 1. The van der Waals surface area contributed by atoms with Gasteiger partial charge in [0.25, 0.3) is 0 Å². The maximum absolute atomic E-state index is 12.6. The molecule has 3 heteroatoms. The van der Waals surface area contributed by atoms with E-state index in [1.165, 1.54) is 0 Å². The first-order valence-electron chi connectivity index (χ1n) is 6.08. The van der Waals surface area contributed by atoms with Crippen LogP contribution >= 0.6 is 11.6 Å². The zero-order chi connectivity index (χ0) is 14.2. The lowest BCUT2D eigenvalue weighted by Crippen LogP contribution is -2.08. The summed E-state index contributed by atoms with van der Waals surface area (Å²) in [6, 6.07) is 9.14. The highest BCUT2D eigenvalue weighted by atomic mass is 35.5. The first kappa shape index (κ1) is 13.6. The highest BCUT2D eigenvalue weighted by Gasteiger charge is 2.18. The number of carbonyl (C=O) groups is 1. The number of nitrogens with two attached hydrogens (primary N) is 1. The molecule has 0 aromatic heterocycles. The Morgan fingerprint density at radius 3 is 2.26 bits per heavy atom. The van der Waals surface area contributed by atoms with E-state index in [0.29, 0.717) is 21.8 Å². The minimum atomic E-state index is -0.0766. The zero-order valence-electron chi connectivity index (χ0n) is 11.3. The van der Waals surface area contributed by atoms with Gasteiger partial charge in [0.15, 0.2) is 5.78 Å².